The van der Waals surface area contributed by atoms with E-state index >= 15 is 0 Å². The van der Waals surface area contributed by atoms with Crippen LogP contribution in [-0.2, 0) is 4.74 Å². The second kappa shape index (κ2) is 3.69. The van der Waals surface area contributed by atoms with Crippen LogP contribution in [0.5, 0.6) is 0 Å². The van der Waals surface area contributed by atoms with E-state index in [0.29, 0.717) is 5.92 Å². The molecule has 1 aromatic carbocycles. The molecule has 2 rings (SSSR count). The molecule has 0 aromatic heterocycles. The average Bonchev–Trinajstić information content (AvgIpc) is 2.23. The molecular weight excluding hydrogens is 188 g/mol. The summed E-state index contributed by atoms with van der Waals surface area (Å²) in [6, 6.07) is 6.03. The summed E-state index contributed by atoms with van der Waals surface area (Å²) in [7, 11) is 0. The minimum absolute atomic E-state index is 0.0349. The smallest absolute Gasteiger partial charge is 0.338 e. The molecule has 0 spiro atoms. The number of carbonyl (C=O) groups is 1. The first-order valence-electron chi connectivity index (χ1n) is 5.45. The van der Waals surface area contributed by atoms with Crippen molar-refractivity contribution >= 4 is 5.97 Å². The van der Waals surface area contributed by atoms with Crippen molar-refractivity contribution in [2.24, 2.45) is 0 Å². The summed E-state index contributed by atoms with van der Waals surface area (Å²) in [5.74, 6) is 0.141. The molecule has 80 valence electrons. The maximum Gasteiger partial charge on any atom is 0.338 e. The fourth-order valence-corrected chi connectivity index (χ4v) is 2.18. The van der Waals surface area contributed by atoms with Crippen LogP contribution in [0.15, 0.2) is 18.2 Å². The summed E-state index contributed by atoms with van der Waals surface area (Å²) >= 11 is 0. The molecule has 1 aliphatic heterocycles. The summed E-state index contributed by atoms with van der Waals surface area (Å²) in [5.41, 5.74) is 2.98. The lowest BCUT2D eigenvalue weighted by atomic mass is 9.87. The number of rotatable bonds is 1. The van der Waals surface area contributed by atoms with Crippen molar-refractivity contribution in [3.05, 3.63) is 34.9 Å². The van der Waals surface area contributed by atoms with Gasteiger partial charge in [-0.15, -0.1) is 0 Å². The molecule has 0 radical (unpaired) electrons. The molecule has 1 aliphatic rings. The van der Waals surface area contributed by atoms with Crippen molar-refractivity contribution in [2.75, 3.05) is 0 Å². The van der Waals surface area contributed by atoms with E-state index < -0.39 is 0 Å². The van der Waals surface area contributed by atoms with Crippen LogP contribution < -0.4 is 0 Å². The summed E-state index contributed by atoms with van der Waals surface area (Å²) in [4.78, 5) is 11.7. The number of ether oxygens (including phenoxy) is 1. The second-order valence-electron chi connectivity index (χ2n) is 4.23. The third-order valence-corrected chi connectivity index (χ3v) is 3.14. The third kappa shape index (κ3) is 1.65. The van der Waals surface area contributed by atoms with E-state index in [4.69, 9.17) is 4.74 Å². The van der Waals surface area contributed by atoms with Crippen LogP contribution in [0, 0.1) is 6.92 Å². The molecular formula is C13H16O2. The van der Waals surface area contributed by atoms with E-state index in [1.165, 1.54) is 0 Å². The van der Waals surface area contributed by atoms with Crippen LogP contribution >= 0.6 is 0 Å². The highest BCUT2D eigenvalue weighted by molar-refractivity contribution is 5.92. The molecule has 1 heterocycles. The lowest BCUT2D eigenvalue weighted by molar-refractivity contribution is 0.0181. The van der Waals surface area contributed by atoms with Gasteiger partial charge in [0.05, 0.1) is 5.56 Å². The van der Waals surface area contributed by atoms with Gasteiger partial charge >= 0.3 is 5.97 Å². The minimum Gasteiger partial charge on any atom is -0.458 e. The second-order valence-corrected chi connectivity index (χ2v) is 4.23. The normalized spacial score (nSPS) is 24.6. The predicted octanol–water partition coefficient (Wildman–Crippen LogP) is 3.05. The fraction of sp³-hybridized carbons (Fsp3) is 0.462. The molecule has 0 saturated carbocycles. The van der Waals surface area contributed by atoms with Gasteiger partial charge in [-0.1, -0.05) is 31.5 Å². The van der Waals surface area contributed by atoms with Crippen LogP contribution in [0.25, 0.3) is 0 Å². The third-order valence-electron chi connectivity index (χ3n) is 3.14. The van der Waals surface area contributed by atoms with E-state index in [-0.39, 0.29) is 12.1 Å². The Bertz CT molecular complexity index is 396. The minimum atomic E-state index is -0.168. The van der Waals surface area contributed by atoms with E-state index in [9.17, 15) is 4.79 Å². The Hall–Kier alpha value is -1.31. The Labute approximate surface area is 90.3 Å². The quantitative estimate of drug-likeness (QED) is 0.657. The largest absolute Gasteiger partial charge is 0.458 e. The Kier molecular flexibility index (Phi) is 2.51. The molecule has 0 saturated heterocycles. The van der Waals surface area contributed by atoms with E-state index in [2.05, 4.69) is 19.1 Å². The van der Waals surface area contributed by atoms with Crippen LogP contribution in [-0.4, -0.2) is 12.1 Å². The van der Waals surface area contributed by atoms with Crippen LogP contribution in [0.4, 0.5) is 0 Å². The van der Waals surface area contributed by atoms with Crippen LogP contribution in [0.3, 0.4) is 0 Å². The Balaban J connectivity index is 2.49. The number of cyclic esters (lactones) is 1. The highest BCUT2D eigenvalue weighted by atomic mass is 16.5. The first-order chi connectivity index (χ1) is 7.13. The zero-order chi connectivity index (χ0) is 11.0. The standard InChI is InChI=1S/C13H16O2/c1-4-12-9(3)10-6-5-8(2)7-11(10)13(14)15-12/h5-7,9,12H,4H2,1-3H3/t9-,12+/m0/s1. The fourth-order valence-electron chi connectivity index (χ4n) is 2.18. The highest BCUT2D eigenvalue weighted by Crippen LogP contribution is 2.32. The van der Waals surface area contributed by atoms with Gasteiger partial charge in [-0.25, -0.2) is 4.79 Å². The van der Waals surface area contributed by atoms with Crippen molar-refractivity contribution in [1.82, 2.24) is 0 Å². The molecule has 0 N–H and O–H groups in total. The summed E-state index contributed by atoms with van der Waals surface area (Å²) in [6.07, 6.45) is 0.910. The molecule has 0 fully saturated rings. The van der Waals surface area contributed by atoms with Gasteiger partial charge in [0, 0.05) is 5.92 Å². The Morgan fingerprint density at radius 1 is 1.40 bits per heavy atom. The topological polar surface area (TPSA) is 26.3 Å². The summed E-state index contributed by atoms with van der Waals surface area (Å²) in [5, 5.41) is 0. The van der Waals surface area contributed by atoms with Gasteiger partial charge in [0.1, 0.15) is 6.10 Å². The van der Waals surface area contributed by atoms with Gasteiger partial charge in [-0.3, -0.25) is 0 Å². The van der Waals surface area contributed by atoms with Crippen LogP contribution in [0.1, 0.15) is 47.7 Å². The van der Waals surface area contributed by atoms with Crippen molar-refractivity contribution < 1.29 is 9.53 Å². The predicted molar refractivity (Wildman–Crippen MR) is 59.1 cm³/mol. The molecule has 0 unspecified atom stereocenters. The van der Waals surface area contributed by atoms with Crippen LogP contribution in [0.2, 0.25) is 0 Å². The number of benzene rings is 1. The van der Waals surface area contributed by atoms with Gasteiger partial charge in [-0.05, 0) is 25.0 Å². The first kappa shape index (κ1) is 10.2. The van der Waals surface area contributed by atoms with E-state index in [1.54, 1.807) is 0 Å². The lowest BCUT2D eigenvalue weighted by Crippen LogP contribution is -2.30. The van der Waals surface area contributed by atoms with Gasteiger partial charge in [-0.2, -0.15) is 0 Å². The zero-order valence-electron chi connectivity index (χ0n) is 9.41. The molecule has 15 heavy (non-hydrogen) atoms. The number of carbonyl (C=O) groups excluding carboxylic acids is 1. The average molecular weight is 204 g/mol. The molecule has 0 amide bonds. The molecule has 0 aliphatic carbocycles. The number of fused-ring (bicyclic) bond motifs is 1. The van der Waals surface area contributed by atoms with Crippen molar-refractivity contribution in [3.63, 3.8) is 0 Å². The zero-order valence-corrected chi connectivity index (χ0v) is 9.41. The molecule has 1 aromatic rings. The Morgan fingerprint density at radius 2 is 2.13 bits per heavy atom. The summed E-state index contributed by atoms with van der Waals surface area (Å²) < 4.78 is 5.39. The molecule has 2 nitrogen and oxygen atoms in total. The maximum atomic E-state index is 11.7. The highest BCUT2D eigenvalue weighted by Gasteiger charge is 2.31. The SMILES string of the molecule is CC[C@H]1OC(=O)c2cc(C)ccc2[C@@H]1C. The number of hydrogen-bond acceptors (Lipinski definition) is 2. The van der Waals surface area contributed by atoms with Crippen molar-refractivity contribution in [3.8, 4) is 0 Å². The number of esters is 1. The monoisotopic (exact) mass is 204 g/mol. The van der Waals surface area contributed by atoms with Gasteiger partial charge in [0.25, 0.3) is 0 Å². The molecule has 2 atom stereocenters. The maximum absolute atomic E-state index is 11.7. The van der Waals surface area contributed by atoms with E-state index in [0.717, 1.165) is 23.1 Å². The van der Waals surface area contributed by atoms with Gasteiger partial charge in [0.15, 0.2) is 0 Å². The van der Waals surface area contributed by atoms with Crippen molar-refractivity contribution in [2.45, 2.75) is 39.2 Å². The van der Waals surface area contributed by atoms with Crippen molar-refractivity contribution in [1.29, 1.82) is 0 Å². The summed E-state index contributed by atoms with van der Waals surface area (Å²) in [6.45, 7) is 6.16. The van der Waals surface area contributed by atoms with E-state index in [1.807, 2.05) is 19.9 Å². The van der Waals surface area contributed by atoms with Gasteiger partial charge in [0.2, 0.25) is 0 Å². The molecule has 0 bridgehead atoms. The first-order valence-corrected chi connectivity index (χ1v) is 5.45. The lowest BCUT2D eigenvalue weighted by Gasteiger charge is -2.30. The molecule has 2 heteroatoms. The Morgan fingerprint density at radius 3 is 2.80 bits per heavy atom. The number of hydrogen-bond donors (Lipinski definition) is 0. The number of aryl methyl sites for hydroxylation is 1. The van der Waals surface area contributed by atoms with Gasteiger partial charge < -0.3 is 4.74 Å².